The van der Waals surface area contributed by atoms with Gasteiger partial charge in [0.25, 0.3) is 0 Å². The van der Waals surface area contributed by atoms with Crippen LogP contribution in [0.1, 0.15) is 18.2 Å². The molecule has 2 aromatic rings. The third-order valence-electron chi connectivity index (χ3n) is 2.71. The van der Waals surface area contributed by atoms with Crippen molar-refractivity contribution >= 4 is 11.3 Å². The summed E-state index contributed by atoms with van der Waals surface area (Å²) in [5.74, 6) is 1.63. The van der Waals surface area contributed by atoms with Gasteiger partial charge in [-0.25, -0.2) is 9.97 Å². The van der Waals surface area contributed by atoms with Crippen LogP contribution in [0.15, 0.2) is 17.8 Å². The van der Waals surface area contributed by atoms with Crippen LogP contribution in [0.2, 0.25) is 0 Å². The van der Waals surface area contributed by atoms with E-state index in [1.807, 2.05) is 17.8 Å². The molecule has 1 saturated heterocycles. The zero-order valence-corrected chi connectivity index (χ0v) is 9.05. The minimum atomic E-state index is 0.540. The first-order valence-electron chi connectivity index (χ1n) is 5.09. The van der Waals surface area contributed by atoms with Crippen LogP contribution in [0.25, 0.3) is 10.7 Å². The van der Waals surface area contributed by atoms with E-state index in [0.29, 0.717) is 5.92 Å². The summed E-state index contributed by atoms with van der Waals surface area (Å²) >= 11 is 1.63. The van der Waals surface area contributed by atoms with E-state index < -0.39 is 0 Å². The van der Waals surface area contributed by atoms with Crippen molar-refractivity contribution in [2.45, 2.75) is 12.3 Å². The van der Waals surface area contributed by atoms with Crippen LogP contribution in [0.5, 0.6) is 0 Å². The van der Waals surface area contributed by atoms with Crippen LogP contribution in [0.4, 0.5) is 0 Å². The maximum absolute atomic E-state index is 4.43. The van der Waals surface area contributed by atoms with Gasteiger partial charge < -0.3 is 10.3 Å². The molecule has 0 bridgehead atoms. The normalized spacial score (nSPS) is 20.9. The number of hydrogen-bond acceptors (Lipinski definition) is 4. The van der Waals surface area contributed by atoms with Crippen LogP contribution in [0.3, 0.4) is 0 Å². The molecule has 0 aliphatic carbocycles. The Hall–Kier alpha value is -1.20. The Kier molecular flexibility index (Phi) is 2.26. The second-order valence-corrected chi connectivity index (χ2v) is 4.60. The molecule has 1 unspecified atom stereocenters. The molecule has 2 N–H and O–H groups in total. The van der Waals surface area contributed by atoms with Crippen LogP contribution in [-0.2, 0) is 0 Å². The zero-order valence-electron chi connectivity index (χ0n) is 8.23. The number of thiazole rings is 1. The van der Waals surface area contributed by atoms with Gasteiger partial charge in [0.05, 0.1) is 11.9 Å². The number of imidazole rings is 1. The lowest BCUT2D eigenvalue weighted by Gasteiger charge is -2.02. The molecule has 3 rings (SSSR count). The smallest absolute Gasteiger partial charge is 0.141 e. The first-order valence-corrected chi connectivity index (χ1v) is 5.97. The summed E-state index contributed by atoms with van der Waals surface area (Å²) in [5.41, 5.74) is 1.03. The summed E-state index contributed by atoms with van der Waals surface area (Å²) in [6.45, 7) is 2.13. The number of rotatable bonds is 2. The second kappa shape index (κ2) is 3.75. The summed E-state index contributed by atoms with van der Waals surface area (Å²) in [5, 5.41) is 6.33. The van der Waals surface area contributed by atoms with Gasteiger partial charge >= 0.3 is 0 Å². The summed E-state index contributed by atoms with van der Waals surface area (Å²) in [4.78, 5) is 12.0. The Bertz CT molecular complexity index is 428. The van der Waals surface area contributed by atoms with Gasteiger partial charge in [0.15, 0.2) is 0 Å². The van der Waals surface area contributed by atoms with Gasteiger partial charge in [0, 0.05) is 24.0 Å². The van der Waals surface area contributed by atoms with Gasteiger partial charge in [-0.3, -0.25) is 0 Å². The SMILES string of the molecule is c1csc(-c2cnc(C3CCNC3)[nH]2)n1. The highest BCUT2D eigenvalue weighted by atomic mass is 32.1. The molecule has 0 radical (unpaired) electrons. The Morgan fingerprint density at radius 2 is 2.40 bits per heavy atom. The van der Waals surface area contributed by atoms with Gasteiger partial charge in [-0.05, 0) is 13.0 Å². The maximum Gasteiger partial charge on any atom is 0.141 e. The van der Waals surface area contributed by atoms with E-state index in [0.717, 1.165) is 29.6 Å². The Morgan fingerprint density at radius 1 is 1.40 bits per heavy atom. The number of H-pyrrole nitrogens is 1. The fourth-order valence-electron chi connectivity index (χ4n) is 1.90. The van der Waals surface area contributed by atoms with Crippen molar-refractivity contribution in [1.82, 2.24) is 20.3 Å². The minimum Gasteiger partial charge on any atom is -0.340 e. The number of aromatic nitrogens is 3. The van der Waals surface area contributed by atoms with Gasteiger partial charge in [-0.15, -0.1) is 11.3 Å². The largest absolute Gasteiger partial charge is 0.340 e. The summed E-state index contributed by atoms with van der Waals surface area (Å²) < 4.78 is 0. The summed E-state index contributed by atoms with van der Waals surface area (Å²) in [7, 11) is 0. The average Bonchev–Trinajstić information content (AvgIpc) is 3.02. The Morgan fingerprint density at radius 3 is 3.13 bits per heavy atom. The van der Waals surface area contributed by atoms with Crippen LogP contribution >= 0.6 is 11.3 Å². The van der Waals surface area contributed by atoms with Crippen molar-refractivity contribution in [3.8, 4) is 10.7 Å². The highest BCUT2D eigenvalue weighted by Crippen LogP contribution is 2.24. The molecule has 0 amide bonds. The molecule has 1 aliphatic heterocycles. The second-order valence-electron chi connectivity index (χ2n) is 3.71. The molecule has 1 aliphatic rings. The summed E-state index contributed by atoms with van der Waals surface area (Å²) in [6, 6.07) is 0. The van der Waals surface area contributed by atoms with E-state index in [2.05, 4.69) is 20.3 Å². The van der Waals surface area contributed by atoms with Gasteiger partial charge in [0.2, 0.25) is 0 Å². The lowest BCUT2D eigenvalue weighted by atomic mass is 10.1. The van der Waals surface area contributed by atoms with Crippen molar-refractivity contribution in [1.29, 1.82) is 0 Å². The third-order valence-corrected chi connectivity index (χ3v) is 3.51. The number of hydrogen-bond donors (Lipinski definition) is 2. The molecule has 1 fully saturated rings. The molecule has 4 nitrogen and oxygen atoms in total. The number of nitrogens with one attached hydrogen (secondary N) is 2. The van der Waals surface area contributed by atoms with Crippen LogP contribution < -0.4 is 5.32 Å². The van der Waals surface area contributed by atoms with E-state index >= 15 is 0 Å². The van der Waals surface area contributed by atoms with E-state index in [4.69, 9.17) is 0 Å². The maximum atomic E-state index is 4.43. The predicted molar refractivity (Wildman–Crippen MR) is 59.9 cm³/mol. The molecule has 15 heavy (non-hydrogen) atoms. The fourth-order valence-corrected chi connectivity index (χ4v) is 2.50. The Labute approximate surface area is 91.8 Å². The molecule has 3 heterocycles. The lowest BCUT2D eigenvalue weighted by molar-refractivity contribution is 0.715. The van der Waals surface area contributed by atoms with Crippen molar-refractivity contribution in [3.63, 3.8) is 0 Å². The molecule has 2 aromatic heterocycles. The monoisotopic (exact) mass is 220 g/mol. The minimum absolute atomic E-state index is 0.540. The third kappa shape index (κ3) is 1.68. The molecular weight excluding hydrogens is 208 g/mol. The highest BCUT2D eigenvalue weighted by molar-refractivity contribution is 7.13. The van der Waals surface area contributed by atoms with E-state index in [1.54, 1.807) is 11.3 Å². The quantitative estimate of drug-likeness (QED) is 0.808. The summed E-state index contributed by atoms with van der Waals surface area (Å²) in [6.07, 6.45) is 4.87. The van der Waals surface area contributed by atoms with E-state index in [1.165, 1.54) is 6.42 Å². The standard InChI is InChI=1S/C10H12N4S/c1-2-11-5-7(1)9-13-6-8(14-9)10-12-3-4-15-10/h3-4,6-7,11H,1-2,5H2,(H,13,14). The van der Waals surface area contributed by atoms with Crippen molar-refractivity contribution in [2.75, 3.05) is 13.1 Å². The molecule has 5 heteroatoms. The molecule has 0 aromatic carbocycles. The molecule has 0 saturated carbocycles. The number of aromatic amines is 1. The topological polar surface area (TPSA) is 53.6 Å². The lowest BCUT2D eigenvalue weighted by Crippen LogP contribution is -2.08. The van der Waals surface area contributed by atoms with Crippen LogP contribution in [-0.4, -0.2) is 28.0 Å². The number of nitrogens with zero attached hydrogens (tertiary/aromatic N) is 2. The zero-order chi connectivity index (χ0) is 10.1. The van der Waals surface area contributed by atoms with Gasteiger partial charge in [0.1, 0.15) is 10.8 Å². The van der Waals surface area contributed by atoms with Gasteiger partial charge in [-0.1, -0.05) is 0 Å². The van der Waals surface area contributed by atoms with Crippen molar-refractivity contribution in [3.05, 3.63) is 23.6 Å². The van der Waals surface area contributed by atoms with Crippen molar-refractivity contribution in [2.24, 2.45) is 0 Å². The molecule has 1 atom stereocenters. The average molecular weight is 220 g/mol. The van der Waals surface area contributed by atoms with Crippen LogP contribution in [0, 0.1) is 0 Å². The predicted octanol–water partition coefficient (Wildman–Crippen LogP) is 1.61. The molecule has 0 spiro atoms. The van der Waals surface area contributed by atoms with Crippen molar-refractivity contribution < 1.29 is 0 Å². The molecular formula is C10H12N4S. The Balaban J connectivity index is 1.87. The van der Waals surface area contributed by atoms with Gasteiger partial charge in [-0.2, -0.15) is 0 Å². The van der Waals surface area contributed by atoms with E-state index in [9.17, 15) is 0 Å². The van der Waals surface area contributed by atoms with E-state index in [-0.39, 0.29) is 0 Å². The fraction of sp³-hybridized carbons (Fsp3) is 0.400. The first kappa shape index (κ1) is 9.06. The first-order chi connectivity index (χ1) is 7.43. The highest BCUT2D eigenvalue weighted by Gasteiger charge is 2.19. The molecule has 78 valence electrons.